The van der Waals surface area contributed by atoms with Crippen LogP contribution in [0.1, 0.15) is 87.0 Å². The van der Waals surface area contributed by atoms with Gasteiger partial charge in [-0.1, -0.05) is 45.9 Å². The van der Waals surface area contributed by atoms with Crippen LogP contribution in [0.4, 0.5) is 4.79 Å². The fourth-order valence-corrected chi connectivity index (χ4v) is 6.95. The van der Waals surface area contributed by atoms with E-state index in [-0.39, 0.29) is 55.8 Å². The number of ether oxygens (including phenoxy) is 4. The molecule has 0 unspecified atom stereocenters. The van der Waals surface area contributed by atoms with E-state index in [1.807, 2.05) is 33.8 Å². The van der Waals surface area contributed by atoms with Crippen molar-refractivity contribution >= 4 is 18.0 Å². The number of aliphatic hydroxyl groups excluding tert-OH is 3. The van der Waals surface area contributed by atoms with Crippen LogP contribution in [0.15, 0.2) is 24.3 Å². The Morgan fingerprint density at radius 3 is 2.48 bits per heavy atom. The number of aliphatic hydroxyl groups is 4. The minimum atomic E-state index is -1.35. The topological polar surface area (TPSA) is 179 Å². The number of hydrogen-bond acceptors (Lipinski definition) is 12. The first-order valence-electron chi connectivity index (χ1n) is 18.3. The molecular weight excluding hydrogens is 648 g/mol. The Hall–Kier alpha value is -2.55. The number of epoxide rings is 1. The van der Waals surface area contributed by atoms with Gasteiger partial charge in [0.05, 0.1) is 43.0 Å². The van der Waals surface area contributed by atoms with Gasteiger partial charge in [0.1, 0.15) is 6.10 Å². The van der Waals surface area contributed by atoms with Crippen LogP contribution in [0.5, 0.6) is 0 Å². The smallest absolute Gasteiger partial charge is 0.410 e. The Balaban J connectivity index is 1.74. The molecular formula is C37H62N2O11. The van der Waals surface area contributed by atoms with Crippen LogP contribution in [0, 0.1) is 17.8 Å². The molecule has 3 rings (SSSR count). The number of piperazine rings is 1. The van der Waals surface area contributed by atoms with Gasteiger partial charge in [0.25, 0.3) is 0 Å². The second-order valence-electron chi connectivity index (χ2n) is 15.0. The van der Waals surface area contributed by atoms with Gasteiger partial charge in [-0.05, 0) is 51.5 Å². The second-order valence-corrected chi connectivity index (χ2v) is 15.0. The summed E-state index contributed by atoms with van der Waals surface area (Å²) in [4.78, 5) is 42.4. The van der Waals surface area contributed by atoms with Crippen molar-refractivity contribution < 1.29 is 53.8 Å². The summed E-state index contributed by atoms with van der Waals surface area (Å²) in [6, 6.07) is 0. The van der Waals surface area contributed by atoms with Gasteiger partial charge in [0.15, 0.2) is 11.7 Å². The highest BCUT2D eigenvalue weighted by atomic mass is 16.6. The summed E-state index contributed by atoms with van der Waals surface area (Å²) < 4.78 is 23.5. The van der Waals surface area contributed by atoms with Gasteiger partial charge in [-0.15, -0.1) is 0 Å². The summed E-state index contributed by atoms with van der Waals surface area (Å²) in [7, 11) is 0. The lowest BCUT2D eigenvalue weighted by Crippen LogP contribution is -2.53. The van der Waals surface area contributed by atoms with E-state index in [1.54, 1.807) is 37.0 Å². The summed E-state index contributed by atoms with van der Waals surface area (Å²) in [6.45, 7) is 14.9. The molecule has 50 heavy (non-hydrogen) atoms. The fraction of sp³-hybridized carbons (Fsp3) is 0.811. The molecule has 0 aromatic rings. The number of cyclic esters (lactones) is 1. The van der Waals surface area contributed by atoms with Crippen LogP contribution in [0.25, 0.3) is 0 Å². The monoisotopic (exact) mass is 710 g/mol. The SMILES string of the molecule is CC[C@H](O)[C@@H](C)[C@H]1O[C@@H]1C[C@@](C)(O)/C=C/C[C@H](C)[C@H]1OC(=O)C[C@H](O)CC[C@@](C)(OC(=O)N2CCN(CCO)CC2)[C@@H](OC(C)=O)/C=C/[C@@H]1C. The molecule has 3 heterocycles. The highest BCUT2D eigenvalue weighted by Gasteiger charge is 2.47. The van der Waals surface area contributed by atoms with Crippen LogP contribution < -0.4 is 0 Å². The summed E-state index contributed by atoms with van der Waals surface area (Å²) in [6.07, 6.45) is 4.60. The average Bonchev–Trinajstić information content (AvgIpc) is 3.81. The molecule has 13 nitrogen and oxygen atoms in total. The molecule has 11 atom stereocenters. The number of carbonyl (C=O) groups is 3. The van der Waals surface area contributed by atoms with E-state index in [0.29, 0.717) is 52.0 Å². The number of β-amino-alcohol motifs (C(OH)–C–C–N with tert-alkyl or cyclic N) is 1. The molecule has 13 heteroatoms. The van der Waals surface area contributed by atoms with Crippen LogP contribution in [0.2, 0.25) is 0 Å². The third-order valence-corrected chi connectivity index (χ3v) is 10.3. The maximum absolute atomic E-state index is 13.4. The van der Waals surface area contributed by atoms with Gasteiger partial charge in [-0.25, -0.2) is 4.79 Å². The third kappa shape index (κ3) is 12.6. The predicted molar refractivity (Wildman–Crippen MR) is 186 cm³/mol. The van der Waals surface area contributed by atoms with E-state index in [1.165, 1.54) is 6.92 Å². The van der Waals surface area contributed by atoms with Gasteiger partial charge < -0.3 is 44.3 Å². The molecule has 286 valence electrons. The lowest BCUT2D eigenvalue weighted by molar-refractivity contribution is -0.159. The number of amides is 1. The van der Waals surface area contributed by atoms with Gasteiger partial charge in [0, 0.05) is 57.9 Å². The fourth-order valence-electron chi connectivity index (χ4n) is 6.95. The van der Waals surface area contributed by atoms with Crippen molar-refractivity contribution in [2.24, 2.45) is 17.8 Å². The Labute approximate surface area is 297 Å². The first-order valence-corrected chi connectivity index (χ1v) is 18.3. The van der Waals surface area contributed by atoms with Crippen LogP contribution >= 0.6 is 0 Å². The molecule has 2 fully saturated rings. The highest BCUT2D eigenvalue weighted by molar-refractivity contribution is 5.70. The Kier molecular flexibility index (Phi) is 15.7. The summed E-state index contributed by atoms with van der Waals surface area (Å²) in [5, 5.41) is 41.3. The van der Waals surface area contributed by atoms with E-state index >= 15 is 0 Å². The second kappa shape index (κ2) is 18.8. The number of nitrogens with zero attached hydrogens (tertiary/aromatic N) is 2. The lowest BCUT2D eigenvalue weighted by Gasteiger charge is -2.40. The van der Waals surface area contributed by atoms with Gasteiger partial charge in [-0.3, -0.25) is 14.5 Å². The molecule has 0 aromatic carbocycles. The minimum absolute atomic E-state index is 0.0158. The Morgan fingerprint density at radius 2 is 1.86 bits per heavy atom. The molecule has 0 bridgehead atoms. The predicted octanol–water partition coefficient (Wildman–Crippen LogP) is 2.97. The quantitative estimate of drug-likeness (QED) is 0.0952. The molecule has 0 radical (unpaired) electrons. The van der Waals surface area contributed by atoms with Crippen molar-refractivity contribution in [2.45, 2.75) is 135 Å². The maximum atomic E-state index is 13.4. The summed E-state index contributed by atoms with van der Waals surface area (Å²) >= 11 is 0. The minimum Gasteiger partial charge on any atom is -0.461 e. The molecule has 0 saturated carbocycles. The van der Waals surface area contributed by atoms with E-state index in [2.05, 4.69) is 4.90 Å². The summed E-state index contributed by atoms with van der Waals surface area (Å²) in [5.41, 5.74) is -2.49. The molecule has 0 aliphatic carbocycles. The third-order valence-electron chi connectivity index (χ3n) is 10.3. The van der Waals surface area contributed by atoms with Crippen molar-refractivity contribution in [2.75, 3.05) is 39.3 Å². The summed E-state index contributed by atoms with van der Waals surface area (Å²) in [5.74, 6) is -1.69. The van der Waals surface area contributed by atoms with E-state index in [9.17, 15) is 34.8 Å². The van der Waals surface area contributed by atoms with Crippen molar-refractivity contribution in [3.05, 3.63) is 24.3 Å². The maximum Gasteiger partial charge on any atom is 0.410 e. The standard InChI is InChI=1S/C37H62N2O11/c1-8-29(43)26(4)34-30(48-34)23-36(6,46)14-9-10-24(2)33-25(3)11-12-31(47-27(5)41)37(7,15-13-28(42)22-32(44)49-33)50-35(45)39-18-16-38(17-19-39)20-21-40/h9,11-12,14,24-26,28-31,33-34,40,42-43,46H,8,10,13,15-23H2,1-7H3/b12-11+,14-9+/t24-,25-,26+,28+,29-,30+,31-,33+,34+,36-,37+/m0/s1. The van der Waals surface area contributed by atoms with E-state index in [0.717, 1.165) is 0 Å². The zero-order valence-electron chi connectivity index (χ0n) is 31.0. The Morgan fingerprint density at radius 1 is 1.18 bits per heavy atom. The highest BCUT2D eigenvalue weighted by Crippen LogP contribution is 2.38. The van der Waals surface area contributed by atoms with Gasteiger partial charge in [0.2, 0.25) is 0 Å². The van der Waals surface area contributed by atoms with Crippen molar-refractivity contribution in [3.63, 3.8) is 0 Å². The zero-order valence-corrected chi connectivity index (χ0v) is 31.0. The molecule has 3 aliphatic heterocycles. The molecule has 3 aliphatic rings. The molecule has 2 saturated heterocycles. The average molecular weight is 711 g/mol. The van der Waals surface area contributed by atoms with Gasteiger partial charge in [-0.2, -0.15) is 0 Å². The largest absolute Gasteiger partial charge is 0.461 e. The van der Waals surface area contributed by atoms with E-state index < -0.39 is 53.6 Å². The van der Waals surface area contributed by atoms with Crippen LogP contribution in [0.3, 0.4) is 0 Å². The molecule has 4 N–H and O–H groups in total. The first-order chi connectivity index (χ1) is 23.5. The van der Waals surface area contributed by atoms with E-state index in [4.69, 9.17) is 18.9 Å². The molecule has 1 amide bonds. The van der Waals surface area contributed by atoms with Crippen LogP contribution in [-0.4, -0.2) is 135 Å². The molecule has 0 spiro atoms. The number of esters is 2. The van der Waals surface area contributed by atoms with Crippen molar-refractivity contribution in [3.8, 4) is 0 Å². The number of rotatable bonds is 13. The van der Waals surface area contributed by atoms with Crippen molar-refractivity contribution in [1.29, 1.82) is 0 Å². The first kappa shape index (κ1) is 41.9. The van der Waals surface area contributed by atoms with Crippen molar-refractivity contribution in [1.82, 2.24) is 9.80 Å². The Bertz CT molecular complexity index is 1170. The number of hydrogen-bond donors (Lipinski definition) is 4. The number of carbonyl (C=O) groups excluding carboxylic acids is 3. The number of allylic oxidation sites excluding steroid dienone is 1. The molecule has 0 aromatic heterocycles. The van der Waals surface area contributed by atoms with Crippen LogP contribution in [-0.2, 0) is 28.5 Å². The lowest BCUT2D eigenvalue weighted by atomic mass is 9.86. The normalized spacial score (nSPS) is 33.6. The van der Waals surface area contributed by atoms with Gasteiger partial charge >= 0.3 is 18.0 Å². The zero-order chi connectivity index (χ0) is 37.2.